The molecule has 2 N–H and O–H groups in total. The highest BCUT2D eigenvalue weighted by molar-refractivity contribution is 5.76. The lowest BCUT2D eigenvalue weighted by atomic mass is 9.69. The summed E-state index contributed by atoms with van der Waals surface area (Å²) in [5, 5.41) is 12.3. The molecule has 1 fully saturated rings. The van der Waals surface area contributed by atoms with Gasteiger partial charge in [0.15, 0.2) is 0 Å². The number of carboxylic acid groups (broad SMARTS) is 1. The molecule has 2 atom stereocenters. The molecule has 0 aromatic heterocycles. The number of benzene rings is 1. The SMILES string of the molecule is CCC1CCCC(CNC(=O)OCc2ccccc2)(C(=O)O)C1. The second-order valence-corrected chi connectivity index (χ2v) is 6.37. The fourth-order valence-corrected chi connectivity index (χ4v) is 3.28. The first-order valence-electron chi connectivity index (χ1n) is 8.23. The van der Waals surface area contributed by atoms with Crippen LogP contribution in [-0.4, -0.2) is 23.7 Å². The summed E-state index contributed by atoms with van der Waals surface area (Å²) in [6, 6.07) is 9.40. The second-order valence-electron chi connectivity index (χ2n) is 6.37. The molecule has 2 rings (SSSR count). The second kappa shape index (κ2) is 7.99. The molecule has 2 unspecified atom stereocenters. The van der Waals surface area contributed by atoms with Crippen molar-refractivity contribution < 1.29 is 19.4 Å². The molecule has 1 aliphatic carbocycles. The molecule has 1 amide bonds. The van der Waals surface area contributed by atoms with Crippen LogP contribution in [0.5, 0.6) is 0 Å². The molecule has 126 valence electrons. The van der Waals surface area contributed by atoms with Gasteiger partial charge in [0.05, 0.1) is 5.41 Å². The van der Waals surface area contributed by atoms with E-state index in [1.165, 1.54) is 0 Å². The van der Waals surface area contributed by atoms with E-state index in [0.717, 1.165) is 24.8 Å². The summed E-state index contributed by atoms with van der Waals surface area (Å²) < 4.78 is 5.15. The minimum atomic E-state index is -0.856. The smallest absolute Gasteiger partial charge is 0.407 e. The zero-order valence-electron chi connectivity index (χ0n) is 13.6. The van der Waals surface area contributed by atoms with Crippen LogP contribution in [0.25, 0.3) is 0 Å². The lowest BCUT2D eigenvalue weighted by molar-refractivity contribution is -0.151. The molecule has 0 saturated heterocycles. The van der Waals surface area contributed by atoms with Crippen LogP contribution in [0, 0.1) is 11.3 Å². The molecule has 23 heavy (non-hydrogen) atoms. The van der Waals surface area contributed by atoms with Crippen molar-refractivity contribution in [3.8, 4) is 0 Å². The largest absolute Gasteiger partial charge is 0.481 e. The third-order valence-corrected chi connectivity index (χ3v) is 4.76. The number of carboxylic acids is 1. The van der Waals surface area contributed by atoms with E-state index >= 15 is 0 Å². The van der Waals surface area contributed by atoms with Gasteiger partial charge < -0.3 is 15.2 Å². The normalized spacial score (nSPS) is 24.0. The average Bonchev–Trinajstić information content (AvgIpc) is 2.59. The number of carbonyl (C=O) groups is 2. The van der Waals surface area contributed by atoms with Gasteiger partial charge in [-0.15, -0.1) is 0 Å². The van der Waals surface area contributed by atoms with E-state index in [9.17, 15) is 14.7 Å². The van der Waals surface area contributed by atoms with Gasteiger partial charge in [0.2, 0.25) is 0 Å². The van der Waals surface area contributed by atoms with Crippen molar-refractivity contribution >= 4 is 12.1 Å². The fraction of sp³-hybridized carbons (Fsp3) is 0.556. The van der Waals surface area contributed by atoms with E-state index in [2.05, 4.69) is 12.2 Å². The summed E-state index contributed by atoms with van der Waals surface area (Å²) in [6.45, 7) is 2.40. The Hall–Kier alpha value is -2.04. The summed E-state index contributed by atoms with van der Waals surface area (Å²) in [5.74, 6) is -0.402. The van der Waals surface area contributed by atoms with Gasteiger partial charge in [-0.25, -0.2) is 4.79 Å². The van der Waals surface area contributed by atoms with Crippen molar-refractivity contribution in [1.29, 1.82) is 0 Å². The molecule has 0 heterocycles. The van der Waals surface area contributed by atoms with Gasteiger partial charge in [-0.3, -0.25) is 4.79 Å². The first kappa shape index (κ1) is 17.3. The Morgan fingerprint density at radius 2 is 2.09 bits per heavy atom. The highest BCUT2D eigenvalue weighted by atomic mass is 16.5. The first-order chi connectivity index (χ1) is 11.1. The lowest BCUT2D eigenvalue weighted by Crippen LogP contribution is -2.46. The van der Waals surface area contributed by atoms with Crippen LogP contribution >= 0.6 is 0 Å². The summed E-state index contributed by atoms with van der Waals surface area (Å²) in [6.07, 6.45) is 3.62. The molecule has 0 spiro atoms. The number of alkyl carbamates (subject to hydrolysis) is 1. The molecular weight excluding hydrogens is 294 g/mol. The summed E-state index contributed by atoms with van der Waals surface area (Å²) >= 11 is 0. The summed E-state index contributed by atoms with van der Waals surface area (Å²) in [7, 11) is 0. The number of aliphatic carboxylic acids is 1. The molecule has 5 nitrogen and oxygen atoms in total. The molecule has 1 aromatic carbocycles. The van der Waals surface area contributed by atoms with Gasteiger partial charge in [0, 0.05) is 6.54 Å². The van der Waals surface area contributed by atoms with E-state index in [-0.39, 0.29) is 13.2 Å². The van der Waals surface area contributed by atoms with Gasteiger partial charge in [0.25, 0.3) is 0 Å². The predicted molar refractivity (Wildman–Crippen MR) is 86.9 cm³/mol. The summed E-state index contributed by atoms with van der Waals surface area (Å²) in [5.41, 5.74) is 0.0457. The Morgan fingerprint density at radius 1 is 1.35 bits per heavy atom. The number of hydrogen-bond donors (Lipinski definition) is 2. The van der Waals surface area contributed by atoms with E-state index in [4.69, 9.17) is 4.74 Å². The highest BCUT2D eigenvalue weighted by Crippen LogP contribution is 2.40. The van der Waals surface area contributed by atoms with Gasteiger partial charge in [-0.1, -0.05) is 56.5 Å². The number of nitrogens with one attached hydrogen (secondary N) is 1. The van der Waals surface area contributed by atoms with Crippen molar-refractivity contribution in [2.24, 2.45) is 11.3 Å². The third-order valence-electron chi connectivity index (χ3n) is 4.76. The maximum atomic E-state index is 11.8. The van der Waals surface area contributed by atoms with Crippen LogP contribution in [0.2, 0.25) is 0 Å². The van der Waals surface area contributed by atoms with Gasteiger partial charge in [0.1, 0.15) is 6.61 Å². The monoisotopic (exact) mass is 319 g/mol. The standard InChI is InChI=1S/C18H25NO4/c1-2-14-9-6-10-18(11-14,16(20)21)13-19-17(22)23-12-15-7-4-3-5-8-15/h3-5,7-8,14H,2,6,9-13H2,1H3,(H,19,22)(H,20,21). The predicted octanol–water partition coefficient (Wildman–Crippen LogP) is 3.58. The minimum absolute atomic E-state index is 0.131. The Kier molecular flexibility index (Phi) is 6.02. The topological polar surface area (TPSA) is 75.6 Å². The third kappa shape index (κ3) is 4.71. The number of ether oxygens (including phenoxy) is 1. The Morgan fingerprint density at radius 3 is 2.74 bits per heavy atom. The van der Waals surface area contributed by atoms with Crippen molar-refractivity contribution in [2.45, 2.75) is 45.6 Å². The van der Waals surface area contributed by atoms with Gasteiger partial charge in [-0.05, 0) is 24.3 Å². The van der Waals surface area contributed by atoms with E-state index in [1.807, 2.05) is 30.3 Å². The molecule has 5 heteroatoms. The van der Waals surface area contributed by atoms with Crippen LogP contribution in [0.15, 0.2) is 30.3 Å². The number of carbonyl (C=O) groups excluding carboxylic acids is 1. The van der Waals surface area contributed by atoms with Crippen LogP contribution in [0.3, 0.4) is 0 Å². The maximum absolute atomic E-state index is 11.8. The van der Waals surface area contributed by atoms with Crippen LogP contribution in [0.1, 0.15) is 44.6 Å². The minimum Gasteiger partial charge on any atom is -0.481 e. The Labute approximate surface area is 137 Å². The quantitative estimate of drug-likeness (QED) is 0.840. The molecule has 0 radical (unpaired) electrons. The van der Waals surface area contributed by atoms with Crippen molar-refractivity contribution in [2.75, 3.05) is 6.54 Å². The number of hydrogen-bond acceptors (Lipinski definition) is 3. The van der Waals surface area contributed by atoms with Crippen LogP contribution in [-0.2, 0) is 16.1 Å². The van der Waals surface area contributed by atoms with Crippen molar-refractivity contribution in [1.82, 2.24) is 5.32 Å². The molecule has 0 aliphatic heterocycles. The van der Waals surface area contributed by atoms with Crippen LogP contribution in [0.4, 0.5) is 4.79 Å². The average molecular weight is 319 g/mol. The molecule has 0 bridgehead atoms. The van der Waals surface area contributed by atoms with E-state index in [0.29, 0.717) is 18.8 Å². The molecule has 1 aliphatic rings. The zero-order valence-corrected chi connectivity index (χ0v) is 13.6. The fourth-order valence-electron chi connectivity index (χ4n) is 3.28. The van der Waals surface area contributed by atoms with Gasteiger partial charge in [-0.2, -0.15) is 0 Å². The zero-order chi connectivity index (χ0) is 16.7. The Bertz CT molecular complexity index is 531. The highest BCUT2D eigenvalue weighted by Gasteiger charge is 2.42. The van der Waals surface area contributed by atoms with Gasteiger partial charge >= 0.3 is 12.1 Å². The number of amides is 1. The first-order valence-corrected chi connectivity index (χ1v) is 8.23. The van der Waals surface area contributed by atoms with Crippen molar-refractivity contribution in [3.63, 3.8) is 0 Å². The van der Waals surface area contributed by atoms with Crippen LogP contribution < -0.4 is 5.32 Å². The maximum Gasteiger partial charge on any atom is 0.407 e. The summed E-state index contributed by atoms with van der Waals surface area (Å²) in [4.78, 5) is 23.6. The lowest BCUT2D eigenvalue weighted by Gasteiger charge is -2.37. The van der Waals surface area contributed by atoms with Crippen molar-refractivity contribution in [3.05, 3.63) is 35.9 Å². The molecule has 1 saturated carbocycles. The Balaban J connectivity index is 1.86. The number of rotatable bonds is 6. The molecular formula is C18H25NO4. The van der Waals surface area contributed by atoms with E-state index in [1.54, 1.807) is 0 Å². The molecule has 1 aromatic rings. The van der Waals surface area contributed by atoms with E-state index < -0.39 is 17.5 Å².